The van der Waals surface area contributed by atoms with E-state index in [2.05, 4.69) is 32.0 Å². The Balaban J connectivity index is 1.56. The Morgan fingerprint density at radius 1 is 1.35 bits per heavy atom. The van der Waals surface area contributed by atoms with E-state index in [4.69, 9.17) is 4.74 Å². The second kappa shape index (κ2) is 6.09. The molecule has 1 aliphatic carbocycles. The van der Waals surface area contributed by atoms with Crippen molar-refractivity contribution in [1.82, 2.24) is 19.9 Å². The molecule has 3 heterocycles. The molecule has 2 aromatic heterocycles. The summed E-state index contributed by atoms with van der Waals surface area (Å²) in [4.78, 5) is 20.6. The lowest BCUT2D eigenvalue weighted by atomic mass is 10.0. The van der Waals surface area contributed by atoms with E-state index in [1.165, 1.54) is 12.8 Å². The van der Waals surface area contributed by atoms with E-state index in [1.807, 2.05) is 24.8 Å². The zero-order chi connectivity index (χ0) is 17.7. The lowest BCUT2D eigenvalue weighted by Gasteiger charge is -2.21. The van der Waals surface area contributed by atoms with Crippen LogP contribution < -0.4 is 10.1 Å². The molecule has 0 spiro atoms. The summed E-state index contributed by atoms with van der Waals surface area (Å²) < 4.78 is 8.64. The number of fused-ring (bicyclic) bond motifs is 1. The predicted molar refractivity (Wildman–Crippen MR) is 100 cm³/mol. The molecule has 2 aliphatic rings. The van der Waals surface area contributed by atoms with Gasteiger partial charge >= 0.3 is 0 Å². The van der Waals surface area contributed by atoms with Gasteiger partial charge in [-0.05, 0) is 31.9 Å². The molecule has 6 nitrogen and oxygen atoms in total. The second-order valence-corrected chi connectivity index (χ2v) is 8.05. The van der Waals surface area contributed by atoms with Crippen molar-refractivity contribution in [2.24, 2.45) is 5.92 Å². The highest BCUT2D eigenvalue weighted by Gasteiger charge is 2.30. The first-order chi connectivity index (χ1) is 12.7. The SMILES string of the molecule is CC(Oc1cc(-c2nccs2)cc2ncn(C3CC3)c12)C1CNC(=O)C1. The summed E-state index contributed by atoms with van der Waals surface area (Å²) in [5.41, 5.74) is 3.01. The molecule has 3 aromatic rings. The lowest BCUT2D eigenvalue weighted by Crippen LogP contribution is -2.25. The van der Waals surface area contributed by atoms with Crippen molar-refractivity contribution >= 4 is 28.3 Å². The van der Waals surface area contributed by atoms with Crippen molar-refractivity contribution in [3.8, 4) is 16.3 Å². The summed E-state index contributed by atoms with van der Waals surface area (Å²) in [6.07, 6.45) is 6.59. The fraction of sp³-hybridized carbons (Fsp3) is 0.421. The molecule has 1 saturated heterocycles. The summed E-state index contributed by atoms with van der Waals surface area (Å²) in [5.74, 6) is 1.14. The molecule has 26 heavy (non-hydrogen) atoms. The molecular weight excluding hydrogens is 348 g/mol. The number of hydrogen-bond acceptors (Lipinski definition) is 5. The van der Waals surface area contributed by atoms with Crippen molar-refractivity contribution in [3.05, 3.63) is 30.0 Å². The zero-order valence-corrected chi connectivity index (χ0v) is 15.3. The topological polar surface area (TPSA) is 69.0 Å². The normalized spacial score (nSPS) is 21.1. The van der Waals surface area contributed by atoms with Crippen molar-refractivity contribution in [2.75, 3.05) is 6.54 Å². The maximum Gasteiger partial charge on any atom is 0.220 e. The van der Waals surface area contributed by atoms with Gasteiger partial charge < -0.3 is 14.6 Å². The Kier molecular flexibility index (Phi) is 3.70. The first-order valence-corrected chi connectivity index (χ1v) is 9.91. The molecule has 1 N–H and O–H groups in total. The van der Waals surface area contributed by atoms with Crippen LogP contribution in [0.25, 0.3) is 21.6 Å². The standard InChI is InChI=1S/C19H20N4O2S/c1-11(13-8-17(24)21-9-13)25-16-7-12(19-20-4-5-26-19)6-15-18(16)23(10-22-15)14-2-3-14/h4-7,10-11,13-14H,2-3,8-9H2,1H3,(H,21,24). The van der Waals surface area contributed by atoms with Gasteiger partial charge in [-0.3, -0.25) is 4.79 Å². The minimum absolute atomic E-state index is 0.0498. The van der Waals surface area contributed by atoms with Crippen molar-refractivity contribution < 1.29 is 9.53 Å². The van der Waals surface area contributed by atoms with Crippen LogP contribution in [-0.2, 0) is 4.79 Å². The summed E-state index contributed by atoms with van der Waals surface area (Å²) in [6.45, 7) is 2.72. The molecule has 7 heteroatoms. The third-order valence-corrected chi connectivity index (χ3v) is 6.06. The van der Waals surface area contributed by atoms with Crippen LogP contribution in [-0.4, -0.2) is 33.1 Å². The largest absolute Gasteiger partial charge is 0.488 e. The van der Waals surface area contributed by atoms with Crippen LogP contribution in [0.15, 0.2) is 30.0 Å². The van der Waals surface area contributed by atoms with Crippen LogP contribution in [0, 0.1) is 5.92 Å². The number of imidazole rings is 1. The molecule has 134 valence electrons. The molecule has 0 radical (unpaired) electrons. The lowest BCUT2D eigenvalue weighted by molar-refractivity contribution is -0.119. The monoisotopic (exact) mass is 368 g/mol. The first-order valence-electron chi connectivity index (χ1n) is 9.03. The Hall–Kier alpha value is -2.41. The molecule has 0 bridgehead atoms. The van der Waals surface area contributed by atoms with Crippen LogP contribution in [0.5, 0.6) is 5.75 Å². The van der Waals surface area contributed by atoms with Crippen LogP contribution in [0.3, 0.4) is 0 Å². The molecule has 2 unspecified atom stereocenters. The van der Waals surface area contributed by atoms with Crippen molar-refractivity contribution in [3.63, 3.8) is 0 Å². The van der Waals surface area contributed by atoms with Crippen LogP contribution in [0.1, 0.15) is 32.2 Å². The van der Waals surface area contributed by atoms with E-state index in [9.17, 15) is 4.79 Å². The summed E-state index contributed by atoms with van der Waals surface area (Å²) in [6, 6.07) is 4.69. The van der Waals surface area contributed by atoms with Gasteiger partial charge in [-0.2, -0.15) is 0 Å². The summed E-state index contributed by atoms with van der Waals surface area (Å²) in [5, 5.41) is 5.83. The van der Waals surface area contributed by atoms with Gasteiger partial charge in [0, 0.05) is 42.1 Å². The number of benzene rings is 1. The smallest absolute Gasteiger partial charge is 0.220 e. The number of aromatic nitrogens is 3. The average Bonchev–Trinajstić information content (AvgIpc) is 3.06. The van der Waals surface area contributed by atoms with E-state index in [1.54, 1.807) is 11.3 Å². The highest BCUT2D eigenvalue weighted by atomic mass is 32.1. The average molecular weight is 368 g/mol. The van der Waals surface area contributed by atoms with E-state index >= 15 is 0 Å². The zero-order valence-electron chi connectivity index (χ0n) is 14.5. The number of ether oxygens (including phenoxy) is 1. The van der Waals surface area contributed by atoms with Crippen LogP contribution >= 0.6 is 11.3 Å². The highest BCUT2D eigenvalue weighted by Crippen LogP contribution is 2.41. The van der Waals surface area contributed by atoms with Gasteiger partial charge in [0.2, 0.25) is 5.91 Å². The Morgan fingerprint density at radius 3 is 2.92 bits per heavy atom. The van der Waals surface area contributed by atoms with Gasteiger partial charge in [0.15, 0.2) is 0 Å². The minimum atomic E-state index is -0.0498. The van der Waals surface area contributed by atoms with Crippen molar-refractivity contribution in [1.29, 1.82) is 0 Å². The van der Waals surface area contributed by atoms with E-state index in [0.717, 1.165) is 27.4 Å². The summed E-state index contributed by atoms with van der Waals surface area (Å²) in [7, 11) is 0. The molecule has 1 aliphatic heterocycles. The number of nitrogens with one attached hydrogen (secondary N) is 1. The third-order valence-electron chi connectivity index (χ3n) is 5.24. The van der Waals surface area contributed by atoms with E-state index in [0.29, 0.717) is 19.0 Å². The quantitative estimate of drug-likeness (QED) is 0.749. The first kappa shape index (κ1) is 15.8. The fourth-order valence-corrected chi connectivity index (χ4v) is 4.22. The van der Waals surface area contributed by atoms with Gasteiger partial charge in [-0.25, -0.2) is 9.97 Å². The third kappa shape index (κ3) is 2.76. The van der Waals surface area contributed by atoms with Crippen molar-refractivity contribution in [2.45, 2.75) is 38.3 Å². The fourth-order valence-electron chi connectivity index (χ4n) is 3.60. The van der Waals surface area contributed by atoms with Gasteiger partial charge in [-0.1, -0.05) is 0 Å². The maximum atomic E-state index is 11.6. The number of carbonyl (C=O) groups excluding carboxylic acids is 1. The number of hydrogen-bond donors (Lipinski definition) is 1. The maximum absolute atomic E-state index is 11.6. The van der Waals surface area contributed by atoms with Crippen LogP contribution in [0.4, 0.5) is 0 Å². The molecule has 1 amide bonds. The van der Waals surface area contributed by atoms with Crippen LogP contribution in [0.2, 0.25) is 0 Å². The molecular formula is C19H20N4O2S. The molecule has 2 atom stereocenters. The number of carbonyl (C=O) groups is 1. The number of thiazole rings is 1. The molecule has 5 rings (SSSR count). The summed E-state index contributed by atoms with van der Waals surface area (Å²) >= 11 is 1.61. The Bertz CT molecular complexity index is 961. The number of amides is 1. The Morgan fingerprint density at radius 2 is 2.23 bits per heavy atom. The number of rotatable bonds is 5. The Labute approximate surface area is 155 Å². The minimum Gasteiger partial charge on any atom is -0.488 e. The second-order valence-electron chi connectivity index (χ2n) is 7.15. The molecule has 2 fully saturated rings. The van der Waals surface area contributed by atoms with E-state index < -0.39 is 0 Å². The van der Waals surface area contributed by atoms with Gasteiger partial charge in [0.1, 0.15) is 22.4 Å². The predicted octanol–water partition coefficient (Wildman–Crippen LogP) is 3.40. The number of nitrogens with zero attached hydrogens (tertiary/aromatic N) is 3. The molecule has 1 saturated carbocycles. The molecule has 1 aromatic carbocycles. The van der Waals surface area contributed by atoms with Gasteiger partial charge in [0.05, 0.1) is 11.8 Å². The van der Waals surface area contributed by atoms with E-state index in [-0.39, 0.29) is 17.9 Å². The highest BCUT2D eigenvalue weighted by molar-refractivity contribution is 7.13. The van der Waals surface area contributed by atoms with Gasteiger partial charge in [0.25, 0.3) is 0 Å². The van der Waals surface area contributed by atoms with Gasteiger partial charge in [-0.15, -0.1) is 11.3 Å².